The zero-order valence-corrected chi connectivity index (χ0v) is 10.8. The van der Waals surface area contributed by atoms with Gasteiger partial charge in [-0.25, -0.2) is 4.79 Å². The van der Waals surface area contributed by atoms with E-state index >= 15 is 0 Å². The Morgan fingerprint density at radius 2 is 1.82 bits per heavy atom. The third kappa shape index (κ3) is 11.0. The van der Waals surface area contributed by atoms with Crippen molar-refractivity contribution in [2.75, 3.05) is 13.1 Å². The van der Waals surface area contributed by atoms with Crippen molar-refractivity contribution in [1.82, 2.24) is 10.6 Å². The molecule has 2 radical (unpaired) electrons. The van der Waals surface area contributed by atoms with E-state index < -0.39 is 11.7 Å². The fraction of sp³-hybridized carbons (Fsp3) is 0.750. The molecular weight excluding hydrogens is 220 g/mol. The molecule has 17 heavy (non-hydrogen) atoms. The van der Waals surface area contributed by atoms with Crippen LogP contribution in [0.3, 0.4) is 0 Å². The molecule has 2 N–H and O–H groups in total. The molecule has 0 saturated carbocycles. The van der Waals surface area contributed by atoms with Crippen LogP contribution in [0.4, 0.5) is 4.79 Å². The topological polar surface area (TPSA) is 67.4 Å². The molecule has 0 heterocycles. The van der Waals surface area contributed by atoms with E-state index in [0.717, 1.165) is 6.42 Å². The van der Waals surface area contributed by atoms with Crippen LogP contribution >= 0.6 is 0 Å². The van der Waals surface area contributed by atoms with Gasteiger partial charge >= 0.3 is 6.09 Å². The van der Waals surface area contributed by atoms with E-state index in [0.29, 0.717) is 13.0 Å². The lowest BCUT2D eigenvalue weighted by Crippen LogP contribution is -2.35. The Hall–Kier alpha value is -1.26. The van der Waals surface area contributed by atoms with Gasteiger partial charge < -0.3 is 15.4 Å². The van der Waals surface area contributed by atoms with Gasteiger partial charge in [0.25, 0.3) is 0 Å². The summed E-state index contributed by atoms with van der Waals surface area (Å²) in [6.45, 7) is 11.5. The molecule has 0 aromatic heterocycles. The highest BCUT2D eigenvalue weighted by Gasteiger charge is 2.15. The maximum absolute atomic E-state index is 11.2. The van der Waals surface area contributed by atoms with Crippen LogP contribution in [0.5, 0.6) is 0 Å². The fourth-order valence-electron chi connectivity index (χ4n) is 1.01. The van der Waals surface area contributed by atoms with Crippen LogP contribution in [0.25, 0.3) is 0 Å². The predicted molar refractivity (Wildman–Crippen MR) is 65.4 cm³/mol. The zero-order valence-electron chi connectivity index (χ0n) is 10.8. The van der Waals surface area contributed by atoms with Crippen molar-refractivity contribution in [1.29, 1.82) is 0 Å². The van der Waals surface area contributed by atoms with Gasteiger partial charge in [-0.2, -0.15) is 0 Å². The maximum atomic E-state index is 11.2. The van der Waals surface area contributed by atoms with Gasteiger partial charge in [0.15, 0.2) is 0 Å². The summed E-state index contributed by atoms with van der Waals surface area (Å²) >= 11 is 0. The molecule has 5 heteroatoms. The van der Waals surface area contributed by atoms with Crippen molar-refractivity contribution >= 4 is 12.0 Å². The van der Waals surface area contributed by atoms with Crippen LogP contribution in [-0.4, -0.2) is 30.7 Å². The number of hydrogen-bond acceptors (Lipinski definition) is 3. The first kappa shape index (κ1) is 15.7. The maximum Gasteiger partial charge on any atom is 0.407 e. The van der Waals surface area contributed by atoms with Crippen molar-refractivity contribution < 1.29 is 14.3 Å². The summed E-state index contributed by atoms with van der Waals surface area (Å²) in [6, 6.07) is 0. The van der Waals surface area contributed by atoms with Crippen molar-refractivity contribution in [2.24, 2.45) is 0 Å². The van der Waals surface area contributed by atoms with Crippen LogP contribution in [0, 0.1) is 6.92 Å². The molecule has 0 fully saturated rings. The molecule has 0 saturated heterocycles. The summed E-state index contributed by atoms with van der Waals surface area (Å²) in [6.07, 6.45) is 1.04. The van der Waals surface area contributed by atoms with Crippen molar-refractivity contribution in [3.05, 3.63) is 6.92 Å². The third-order valence-corrected chi connectivity index (χ3v) is 1.72. The number of carbonyl (C=O) groups excluding carboxylic acids is 2. The van der Waals surface area contributed by atoms with Gasteiger partial charge in [-0.15, -0.1) is 0 Å². The van der Waals surface area contributed by atoms with E-state index in [1.54, 1.807) is 20.8 Å². The molecule has 98 valence electrons. The molecule has 0 atom stereocenters. The number of rotatable bonds is 6. The summed E-state index contributed by atoms with van der Waals surface area (Å²) in [7, 11) is 0. The quantitative estimate of drug-likeness (QED) is 0.694. The van der Waals surface area contributed by atoms with E-state index in [4.69, 9.17) is 11.7 Å². The average molecular weight is 242 g/mol. The van der Waals surface area contributed by atoms with Gasteiger partial charge in [0, 0.05) is 19.5 Å². The number of ether oxygens (including phenoxy) is 1. The number of alkyl carbamates (subject to hydrolysis) is 1. The lowest BCUT2D eigenvalue weighted by atomic mass is 10.2. The predicted octanol–water partition coefficient (Wildman–Crippen LogP) is 1.51. The van der Waals surface area contributed by atoms with Gasteiger partial charge in [0.05, 0.1) is 0 Å². The molecule has 0 spiro atoms. The summed E-state index contributed by atoms with van der Waals surface area (Å²) in [4.78, 5) is 22.5. The van der Waals surface area contributed by atoms with Crippen LogP contribution < -0.4 is 10.6 Å². The number of hydrogen-bond donors (Lipinski definition) is 2. The first-order valence-electron chi connectivity index (χ1n) is 5.79. The highest BCUT2D eigenvalue weighted by atomic mass is 16.6. The Morgan fingerprint density at radius 3 is 2.35 bits per heavy atom. The highest BCUT2D eigenvalue weighted by Crippen LogP contribution is 2.06. The summed E-state index contributed by atoms with van der Waals surface area (Å²) in [5, 5.41) is 5.21. The number of carbonyl (C=O) groups is 2. The molecule has 0 bridgehead atoms. The normalized spacial score (nSPS) is 10.8. The first-order valence-corrected chi connectivity index (χ1v) is 5.79. The molecule has 0 aliphatic carbocycles. The molecule has 0 unspecified atom stereocenters. The Morgan fingerprint density at radius 1 is 1.18 bits per heavy atom. The highest BCUT2D eigenvalue weighted by molar-refractivity contribution is 5.76. The van der Waals surface area contributed by atoms with Gasteiger partial charge in [-0.1, -0.05) is 0 Å². The number of amides is 2. The van der Waals surface area contributed by atoms with Gasteiger partial charge in [-0.05, 0) is 40.5 Å². The van der Waals surface area contributed by atoms with Gasteiger partial charge in [0.2, 0.25) is 5.91 Å². The SMILES string of the molecule is [CH]CCCNC(=O)CCNC(=O)OC(C)(C)C. The van der Waals surface area contributed by atoms with Crippen LogP contribution in [0.15, 0.2) is 0 Å². The van der Waals surface area contributed by atoms with Crippen LogP contribution in [-0.2, 0) is 9.53 Å². The van der Waals surface area contributed by atoms with E-state index in [2.05, 4.69) is 10.6 Å². The second kappa shape index (κ2) is 7.92. The Labute approximate surface area is 103 Å². The Balaban J connectivity index is 3.56. The third-order valence-electron chi connectivity index (χ3n) is 1.72. The Bertz CT molecular complexity index is 247. The largest absolute Gasteiger partial charge is 0.444 e. The van der Waals surface area contributed by atoms with Crippen molar-refractivity contribution in [2.45, 2.75) is 45.6 Å². The van der Waals surface area contributed by atoms with E-state index in [9.17, 15) is 9.59 Å². The monoisotopic (exact) mass is 242 g/mol. The summed E-state index contributed by atoms with van der Waals surface area (Å²) in [5.74, 6) is -0.102. The fourth-order valence-corrected chi connectivity index (χ4v) is 1.01. The molecule has 0 rings (SSSR count). The minimum absolute atomic E-state index is 0.102. The smallest absolute Gasteiger partial charge is 0.407 e. The Kier molecular flexibility index (Phi) is 7.34. The second-order valence-electron chi connectivity index (χ2n) is 4.67. The minimum atomic E-state index is -0.520. The molecule has 2 amide bonds. The zero-order chi connectivity index (χ0) is 13.3. The lowest BCUT2D eigenvalue weighted by molar-refractivity contribution is -0.120. The van der Waals surface area contributed by atoms with Crippen LogP contribution in [0.2, 0.25) is 0 Å². The minimum Gasteiger partial charge on any atom is -0.444 e. The molecular formula is C12H22N2O3. The average Bonchev–Trinajstić information content (AvgIpc) is 2.15. The molecule has 0 aromatic carbocycles. The first-order chi connectivity index (χ1) is 7.85. The lowest BCUT2D eigenvalue weighted by Gasteiger charge is -2.19. The second-order valence-corrected chi connectivity index (χ2v) is 4.67. The van der Waals surface area contributed by atoms with E-state index in [-0.39, 0.29) is 18.9 Å². The summed E-state index contributed by atoms with van der Waals surface area (Å²) < 4.78 is 5.02. The number of nitrogens with one attached hydrogen (secondary N) is 2. The van der Waals surface area contributed by atoms with Crippen molar-refractivity contribution in [3.63, 3.8) is 0 Å². The summed E-state index contributed by atoms with van der Waals surface area (Å²) in [5.41, 5.74) is -0.520. The van der Waals surface area contributed by atoms with Gasteiger partial charge in [0.1, 0.15) is 5.60 Å². The van der Waals surface area contributed by atoms with E-state index in [1.165, 1.54) is 0 Å². The number of unbranched alkanes of at least 4 members (excludes halogenated alkanes) is 1. The van der Waals surface area contributed by atoms with Crippen molar-refractivity contribution in [3.8, 4) is 0 Å². The van der Waals surface area contributed by atoms with E-state index in [1.807, 2.05) is 0 Å². The standard InChI is InChI=1S/C12H22N2O3/c1-5-6-8-13-10(15)7-9-14-11(16)17-12(2,3)4/h1H,5-9H2,2-4H3,(H,13,15)(H,14,16). The molecule has 0 aromatic rings. The van der Waals surface area contributed by atoms with Gasteiger partial charge in [-0.3, -0.25) is 4.79 Å². The molecule has 0 aliphatic rings. The molecule has 5 nitrogen and oxygen atoms in total. The molecule has 0 aliphatic heterocycles. The van der Waals surface area contributed by atoms with Crippen LogP contribution in [0.1, 0.15) is 40.0 Å².